The van der Waals surface area contributed by atoms with Crippen LogP contribution in [0.3, 0.4) is 0 Å². The summed E-state index contributed by atoms with van der Waals surface area (Å²) in [6.07, 6.45) is 5.84. The fraction of sp³-hybridized carbons (Fsp3) is 0.917. The summed E-state index contributed by atoms with van der Waals surface area (Å²) in [7, 11) is 2.12. The zero-order valence-electron chi connectivity index (χ0n) is 10.2. The maximum atomic E-state index is 11.8. The van der Waals surface area contributed by atoms with E-state index in [1.807, 2.05) is 0 Å². The minimum absolute atomic E-state index is 0.219. The Morgan fingerprint density at radius 1 is 1.19 bits per heavy atom. The molecule has 0 bridgehead atoms. The number of likely N-dealkylation sites (N-methyl/N-ethyl adjacent to an activating group) is 1. The van der Waals surface area contributed by atoms with Crippen LogP contribution in [0.25, 0.3) is 0 Å². The highest BCUT2D eigenvalue weighted by molar-refractivity contribution is 5.75. The van der Waals surface area contributed by atoms with Crippen molar-refractivity contribution in [2.75, 3.05) is 33.2 Å². The first kappa shape index (κ1) is 11.9. The Balaban J connectivity index is 1.66. The summed E-state index contributed by atoms with van der Waals surface area (Å²) < 4.78 is 0. The predicted octanol–water partition coefficient (Wildman–Crippen LogP) is 0.845. The average Bonchev–Trinajstić information content (AvgIpc) is 2.74. The molecule has 92 valence electrons. The monoisotopic (exact) mass is 225 g/mol. The Bertz CT molecular complexity index is 230. The summed E-state index contributed by atoms with van der Waals surface area (Å²) in [5.74, 6) is 0.865. The summed E-state index contributed by atoms with van der Waals surface area (Å²) in [5, 5.41) is 2.07. The maximum absolute atomic E-state index is 11.8. The first-order valence-electron chi connectivity index (χ1n) is 6.47. The lowest BCUT2D eigenvalue weighted by atomic mass is 10.0. The summed E-state index contributed by atoms with van der Waals surface area (Å²) in [6.45, 7) is 3.99. The molecular formula is C12H23N3O. The number of nitrogens with zero attached hydrogens (tertiary/aromatic N) is 2. The highest BCUT2D eigenvalue weighted by Crippen LogP contribution is 2.27. The van der Waals surface area contributed by atoms with Crippen LogP contribution in [0.15, 0.2) is 0 Å². The Morgan fingerprint density at radius 3 is 2.44 bits per heavy atom. The standard InChI is InChI=1S/C12H23N3O/c1-14-6-8-15(9-7-14)13-12(16)10-11-4-2-3-5-11/h11H,2-10H2,1H3,(H,13,16). The SMILES string of the molecule is CN1CCN(NC(=O)CC2CCCC2)CC1. The molecule has 1 amide bonds. The van der Waals surface area contributed by atoms with Crippen molar-refractivity contribution in [3.63, 3.8) is 0 Å². The first-order valence-corrected chi connectivity index (χ1v) is 6.47. The van der Waals surface area contributed by atoms with Crippen LogP contribution in [0, 0.1) is 5.92 Å². The van der Waals surface area contributed by atoms with Crippen LogP contribution in [-0.4, -0.2) is 49.0 Å². The van der Waals surface area contributed by atoms with Gasteiger partial charge in [0.1, 0.15) is 0 Å². The van der Waals surface area contributed by atoms with E-state index in [0.717, 1.165) is 32.6 Å². The van der Waals surface area contributed by atoms with Gasteiger partial charge in [-0.3, -0.25) is 10.2 Å². The number of piperazine rings is 1. The van der Waals surface area contributed by atoms with Crippen molar-refractivity contribution in [3.05, 3.63) is 0 Å². The number of hydrogen-bond acceptors (Lipinski definition) is 3. The molecule has 0 unspecified atom stereocenters. The minimum atomic E-state index is 0.219. The van der Waals surface area contributed by atoms with Crippen LogP contribution in [0.2, 0.25) is 0 Å². The van der Waals surface area contributed by atoms with Gasteiger partial charge in [0.2, 0.25) is 5.91 Å². The normalized spacial score (nSPS) is 24.8. The molecule has 4 heteroatoms. The largest absolute Gasteiger partial charge is 0.304 e. The number of rotatable bonds is 3. The molecule has 0 aromatic heterocycles. The molecule has 0 aromatic rings. The Morgan fingerprint density at radius 2 is 1.81 bits per heavy atom. The minimum Gasteiger partial charge on any atom is -0.304 e. The average molecular weight is 225 g/mol. The molecule has 4 nitrogen and oxygen atoms in total. The Hall–Kier alpha value is -0.610. The van der Waals surface area contributed by atoms with E-state index >= 15 is 0 Å². The van der Waals surface area contributed by atoms with Crippen LogP contribution in [0.4, 0.5) is 0 Å². The molecule has 2 aliphatic rings. The molecule has 0 spiro atoms. The van der Waals surface area contributed by atoms with Crippen LogP contribution in [0.5, 0.6) is 0 Å². The van der Waals surface area contributed by atoms with Gasteiger partial charge in [-0.05, 0) is 25.8 Å². The summed E-state index contributed by atoms with van der Waals surface area (Å²) in [4.78, 5) is 14.1. The number of amides is 1. The zero-order valence-corrected chi connectivity index (χ0v) is 10.2. The highest BCUT2D eigenvalue weighted by Gasteiger charge is 2.20. The van der Waals surface area contributed by atoms with Gasteiger partial charge in [-0.2, -0.15) is 0 Å². The molecule has 0 radical (unpaired) electrons. The van der Waals surface area contributed by atoms with E-state index in [2.05, 4.69) is 22.4 Å². The third kappa shape index (κ3) is 3.46. The number of carbonyl (C=O) groups is 1. The molecule has 0 aromatic carbocycles. The highest BCUT2D eigenvalue weighted by atomic mass is 16.2. The quantitative estimate of drug-likeness (QED) is 0.773. The predicted molar refractivity (Wildman–Crippen MR) is 63.8 cm³/mol. The lowest BCUT2D eigenvalue weighted by Gasteiger charge is -2.32. The van der Waals surface area contributed by atoms with E-state index < -0.39 is 0 Å². The third-order valence-electron chi connectivity index (χ3n) is 3.73. The molecule has 2 fully saturated rings. The van der Waals surface area contributed by atoms with E-state index in [9.17, 15) is 4.79 Å². The molecule has 1 aliphatic carbocycles. The molecule has 1 N–H and O–H groups in total. The molecule has 1 aliphatic heterocycles. The zero-order chi connectivity index (χ0) is 11.4. The second kappa shape index (κ2) is 5.64. The van der Waals surface area contributed by atoms with E-state index in [1.165, 1.54) is 25.7 Å². The molecule has 16 heavy (non-hydrogen) atoms. The maximum Gasteiger partial charge on any atom is 0.234 e. The van der Waals surface area contributed by atoms with Gasteiger partial charge in [0.15, 0.2) is 0 Å². The Kier molecular flexibility index (Phi) is 4.18. The van der Waals surface area contributed by atoms with E-state index in [1.54, 1.807) is 0 Å². The van der Waals surface area contributed by atoms with Gasteiger partial charge in [0, 0.05) is 32.6 Å². The van der Waals surface area contributed by atoms with Gasteiger partial charge in [0.05, 0.1) is 0 Å². The van der Waals surface area contributed by atoms with E-state index in [4.69, 9.17) is 0 Å². The second-order valence-electron chi connectivity index (χ2n) is 5.18. The fourth-order valence-corrected chi connectivity index (χ4v) is 2.62. The van der Waals surface area contributed by atoms with Crippen LogP contribution in [0.1, 0.15) is 32.1 Å². The number of nitrogens with one attached hydrogen (secondary N) is 1. The van der Waals surface area contributed by atoms with Gasteiger partial charge in [-0.15, -0.1) is 0 Å². The van der Waals surface area contributed by atoms with Gasteiger partial charge in [0.25, 0.3) is 0 Å². The van der Waals surface area contributed by atoms with Crippen molar-refractivity contribution in [2.45, 2.75) is 32.1 Å². The van der Waals surface area contributed by atoms with Gasteiger partial charge >= 0.3 is 0 Å². The molecular weight excluding hydrogens is 202 g/mol. The molecule has 0 atom stereocenters. The van der Waals surface area contributed by atoms with Crippen molar-refractivity contribution in [3.8, 4) is 0 Å². The van der Waals surface area contributed by atoms with Gasteiger partial charge < -0.3 is 4.90 Å². The first-order chi connectivity index (χ1) is 7.74. The molecule has 1 saturated heterocycles. The van der Waals surface area contributed by atoms with E-state index in [0.29, 0.717) is 5.92 Å². The summed E-state index contributed by atoms with van der Waals surface area (Å²) >= 11 is 0. The van der Waals surface area contributed by atoms with Crippen LogP contribution >= 0.6 is 0 Å². The summed E-state index contributed by atoms with van der Waals surface area (Å²) in [5.41, 5.74) is 3.03. The molecule has 1 heterocycles. The topological polar surface area (TPSA) is 35.6 Å². The number of hydrogen-bond donors (Lipinski definition) is 1. The molecule has 1 saturated carbocycles. The van der Waals surface area contributed by atoms with Crippen molar-refractivity contribution in [1.29, 1.82) is 0 Å². The third-order valence-corrected chi connectivity index (χ3v) is 3.73. The lowest BCUT2D eigenvalue weighted by Crippen LogP contribution is -2.52. The summed E-state index contributed by atoms with van der Waals surface area (Å²) in [6, 6.07) is 0. The van der Waals surface area contributed by atoms with Crippen molar-refractivity contribution >= 4 is 5.91 Å². The van der Waals surface area contributed by atoms with Crippen molar-refractivity contribution in [1.82, 2.24) is 15.3 Å². The Labute approximate surface area is 97.9 Å². The van der Waals surface area contributed by atoms with Crippen molar-refractivity contribution in [2.24, 2.45) is 5.92 Å². The van der Waals surface area contributed by atoms with Crippen LogP contribution < -0.4 is 5.43 Å². The van der Waals surface area contributed by atoms with Gasteiger partial charge in [-0.25, -0.2) is 5.01 Å². The van der Waals surface area contributed by atoms with Crippen molar-refractivity contribution < 1.29 is 4.79 Å². The number of hydrazine groups is 1. The van der Waals surface area contributed by atoms with E-state index in [-0.39, 0.29) is 5.91 Å². The van der Waals surface area contributed by atoms with Crippen LogP contribution in [-0.2, 0) is 4.79 Å². The second-order valence-corrected chi connectivity index (χ2v) is 5.18. The molecule has 2 rings (SSSR count). The lowest BCUT2D eigenvalue weighted by molar-refractivity contribution is -0.127. The van der Waals surface area contributed by atoms with Gasteiger partial charge in [-0.1, -0.05) is 12.8 Å². The number of carbonyl (C=O) groups excluding carboxylic acids is 1. The fourth-order valence-electron chi connectivity index (χ4n) is 2.62. The smallest absolute Gasteiger partial charge is 0.234 e.